The van der Waals surface area contributed by atoms with Crippen LogP contribution in [-0.4, -0.2) is 28.8 Å². The van der Waals surface area contributed by atoms with Crippen molar-refractivity contribution in [3.8, 4) is 0 Å². The van der Waals surface area contributed by atoms with Crippen molar-refractivity contribution in [2.24, 2.45) is 0 Å². The lowest BCUT2D eigenvalue weighted by molar-refractivity contribution is -0.119. The van der Waals surface area contributed by atoms with Crippen LogP contribution < -0.4 is 5.32 Å². The highest BCUT2D eigenvalue weighted by Crippen LogP contribution is 2.24. The van der Waals surface area contributed by atoms with Crippen LogP contribution in [-0.2, 0) is 4.79 Å². The zero-order valence-electron chi connectivity index (χ0n) is 11.5. The van der Waals surface area contributed by atoms with Gasteiger partial charge in [-0.15, -0.1) is 11.8 Å². The van der Waals surface area contributed by atoms with Crippen LogP contribution in [0.1, 0.15) is 41.6 Å². The van der Waals surface area contributed by atoms with Crippen molar-refractivity contribution < 1.29 is 14.7 Å². The third-order valence-corrected chi connectivity index (χ3v) is 4.67. The Bertz CT molecular complexity index is 510. The fraction of sp³-hybridized carbons (Fsp3) is 0.467. The van der Waals surface area contributed by atoms with Crippen molar-refractivity contribution in [3.05, 3.63) is 29.3 Å². The number of thioether (sulfide) groups is 1. The van der Waals surface area contributed by atoms with Gasteiger partial charge in [-0.1, -0.05) is 18.9 Å². The molecule has 1 aromatic carbocycles. The van der Waals surface area contributed by atoms with Gasteiger partial charge in [0.15, 0.2) is 0 Å². The first-order valence-electron chi connectivity index (χ1n) is 6.82. The zero-order valence-corrected chi connectivity index (χ0v) is 12.3. The maximum Gasteiger partial charge on any atom is 0.335 e. The zero-order chi connectivity index (χ0) is 14.5. The highest BCUT2D eigenvalue weighted by molar-refractivity contribution is 8.00. The average Bonchev–Trinajstić information content (AvgIpc) is 2.90. The van der Waals surface area contributed by atoms with Crippen LogP contribution in [0.4, 0.5) is 0 Å². The first-order valence-corrected chi connectivity index (χ1v) is 7.81. The van der Waals surface area contributed by atoms with E-state index in [1.807, 2.05) is 6.92 Å². The maximum absolute atomic E-state index is 11.9. The topological polar surface area (TPSA) is 66.4 Å². The van der Waals surface area contributed by atoms with E-state index >= 15 is 0 Å². The molecule has 1 aliphatic rings. The van der Waals surface area contributed by atoms with Crippen molar-refractivity contribution >= 4 is 23.6 Å². The Morgan fingerprint density at radius 1 is 1.35 bits per heavy atom. The van der Waals surface area contributed by atoms with E-state index in [0.29, 0.717) is 11.8 Å². The van der Waals surface area contributed by atoms with E-state index in [0.717, 1.165) is 23.3 Å². The molecule has 0 atom stereocenters. The highest BCUT2D eigenvalue weighted by atomic mass is 32.2. The molecule has 0 aliphatic heterocycles. The Morgan fingerprint density at radius 3 is 2.70 bits per heavy atom. The minimum absolute atomic E-state index is 0.0297. The molecule has 1 aliphatic carbocycles. The smallest absolute Gasteiger partial charge is 0.335 e. The summed E-state index contributed by atoms with van der Waals surface area (Å²) in [6.07, 6.45) is 4.53. The number of aromatic carboxylic acids is 1. The first-order chi connectivity index (χ1) is 9.56. The molecule has 0 aromatic heterocycles. The molecule has 20 heavy (non-hydrogen) atoms. The quantitative estimate of drug-likeness (QED) is 0.819. The number of hydrogen-bond donors (Lipinski definition) is 2. The van der Waals surface area contributed by atoms with Gasteiger partial charge in [-0.2, -0.15) is 0 Å². The molecule has 1 amide bonds. The Labute approximate surface area is 123 Å². The number of carbonyl (C=O) groups excluding carboxylic acids is 1. The van der Waals surface area contributed by atoms with Crippen molar-refractivity contribution in [1.82, 2.24) is 5.32 Å². The van der Waals surface area contributed by atoms with E-state index in [1.165, 1.54) is 24.6 Å². The number of carboxylic acid groups (broad SMARTS) is 1. The molecule has 1 aromatic rings. The average molecular weight is 293 g/mol. The molecule has 0 radical (unpaired) electrons. The Kier molecular flexibility index (Phi) is 5.06. The minimum atomic E-state index is -0.942. The summed E-state index contributed by atoms with van der Waals surface area (Å²) in [7, 11) is 0. The molecule has 0 saturated heterocycles. The summed E-state index contributed by atoms with van der Waals surface area (Å²) in [6.45, 7) is 1.92. The number of aryl methyl sites for hydroxylation is 1. The van der Waals surface area contributed by atoms with E-state index in [2.05, 4.69) is 5.32 Å². The van der Waals surface area contributed by atoms with E-state index < -0.39 is 5.97 Å². The molecule has 1 fully saturated rings. The molecule has 0 heterocycles. The Hall–Kier alpha value is -1.49. The number of rotatable bonds is 5. The van der Waals surface area contributed by atoms with Gasteiger partial charge in [-0.05, 0) is 37.5 Å². The van der Waals surface area contributed by atoms with E-state index in [-0.39, 0.29) is 11.5 Å². The molecule has 108 valence electrons. The molecular weight excluding hydrogens is 274 g/mol. The van der Waals surface area contributed by atoms with Gasteiger partial charge in [0.25, 0.3) is 0 Å². The molecule has 0 bridgehead atoms. The van der Waals surface area contributed by atoms with Crippen LogP contribution in [0.15, 0.2) is 23.1 Å². The van der Waals surface area contributed by atoms with Gasteiger partial charge in [0.1, 0.15) is 0 Å². The fourth-order valence-corrected chi connectivity index (χ4v) is 3.25. The summed E-state index contributed by atoms with van der Waals surface area (Å²) in [6, 6.07) is 5.32. The lowest BCUT2D eigenvalue weighted by Gasteiger charge is -2.12. The van der Waals surface area contributed by atoms with Crippen LogP contribution in [0, 0.1) is 6.92 Å². The van der Waals surface area contributed by atoms with Gasteiger partial charge >= 0.3 is 5.97 Å². The number of benzene rings is 1. The molecule has 1 saturated carbocycles. The summed E-state index contributed by atoms with van der Waals surface area (Å²) in [5.41, 5.74) is 1.25. The van der Waals surface area contributed by atoms with Gasteiger partial charge in [-0.3, -0.25) is 4.79 Å². The maximum atomic E-state index is 11.9. The molecule has 2 rings (SSSR count). The fourth-order valence-electron chi connectivity index (χ4n) is 2.37. The predicted octanol–water partition coefficient (Wildman–Crippen LogP) is 2.84. The summed E-state index contributed by atoms with van der Waals surface area (Å²) in [5, 5.41) is 12.0. The standard InChI is InChI=1S/C15H19NO3S/c1-10-6-7-11(15(18)19)8-13(10)20-9-14(17)16-12-4-2-3-5-12/h6-8,12H,2-5,9H2,1H3,(H,16,17)(H,18,19). The summed E-state index contributed by atoms with van der Waals surface area (Å²) in [4.78, 5) is 23.7. The third-order valence-electron chi connectivity index (χ3n) is 3.51. The van der Waals surface area contributed by atoms with Crippen LogP contribution in [0.3, 0.4) is 0 Å². The van der Waals surface area contributed by atoms with Crippen LogP contribution in [0.2, 0.25) is 0 Å². The number of carboxylic acids is 1. The van der Waals surface area contributed by atoms with Gasteiger partial charge < -0.3 is 10.4 Å². The van der Waals surface area contributed by atoms with E-state index in [9.17, 15) is 9.59 Å². The second kappa shape index (κ2) is 6.79. The van der Waals surface area contributed by atoms with Crippen LogP contribution >= 0.6 is 11.8 Å². The minimum Gasteiger partial charge on any atom is -0.478 e. The van der Waals surface area contributed by atoms with Crippen molar-refractivity contribution in [2.75, 3.05) is 5.75 Å². The lowest BCUT2D eigenvalue weighted by atomic mass is 10.1. The number of carbonyl (C=O) groups is 2. The summed E-state index contributed by atoms with van der Waals surface area (Å²) >= 11 is 1.39. The van der Waals surface area contributed by atoms with Gasteiger partial charge in [0.2, 0.25) is 5.91 Å². The molecule has 0 spiro atoms. The highest BCUT2D eigenvalue weighted by Gasteiger charge is 2.17. The molecule has 5 heteroatoms. The van der Waals surface area contributed by atoms with Gasteiger partial charge in [-0.25, -0.2) is 4.79 Å². The SMILES string of the molecule is Cc1ccc(C(=O)O)cc1SCC(=O)NC1CCCC1. The first kappa shape index (κ1) is 14.9. The Balaban J connectivity index is 1.90. The largest absolute Gasteiger partial charge is 0.478 e. The Morgan fingerprint density at radius 2 is 2.05 bits per heavy atom. The lowest BCUT2D eigenvalue weighted by Crippen LogP contribution is -2.33. The van der Waals surface area contributed by atoms with Gasteiger partial charge in [0, 0.05) is 10.9 Å². The van der Waals surface area contributed by atoms with Crippen molar-refractivity contribution in [3.63, 3.8) is 0 Å². The molecule has 2 N–H and O–H groups in total. The summed E-state index contributed by atoms with van der Waals surface area (Å²) in [5.74, 6) is -0.579. The van der Waals surface area contributed by atoms with Crippen LogP contribution in [0.5, 0.6) is 0 Å². The van der Waals surface area contributed by atoms with Crippen molar-refractivity contribution in [2.45, 2.75) is 43.5 Å². The molecular formula is C15H19NO3S. The number of nitrogens with one attached hydrogen (secondary N) is 1. The predicted molar refractivity (Wildman–Crippen MR) is 79.3 cm³/mol. The number of hydrogen-bond acceptors (Lipinski definition) is 3. The second-order valence-corrected chi connectivity index (χ2v) is 6.14. The molecule has 0 unspecified atom stereocenters. The van der Waals surface area contributed by atoms with Crippen LogP contribution in [0.25, 0.3) is 0 Å². The number of amides is 1. The van der Waals surface area contributed by atoms with Gasteiger partial charge in [0.05, 0.1) is 11.3 Å². The monoisotopic (exact) mass is 293 g/mol. The summed E-state index contributed by atoms with van der Waals surface area (Å²) < 4.78 is 0. The third kappa shape index (κ3) is 4.00. The molecule has 4 nitrogen and oxygen atoms in total. The van der Waals surface area contributed by atoms with Crippen molar-refractivity contribution in [1.29, 1.82) is 0 Å². The normalized spacial score (nSPS) is 15.2. The second-order valence-electron chi connectivity index (χ2n) is 5.12. The van der Waals surface area contributed by atoms with E-state index in [1.54, 1.807) is 18.2 Å². The van der Waals surface area contributed by atoms with E-state index in [4.69, 9.17) is 5.11 Å².